The largest absolute Gasteiger partial charge is 0.464 e. The predicted molar refractivity (Wildman–Crippen MR) is 67.1 cm³/mol. The normalized spacial score (nSPS) is 12.3. The molecular weight excluding hydrogens is 236 g/mol. The standard InChI is InChI=1S/C13H24O5/c1-5-6-11(4)18-13(15)9-16-8-12(14)17-7-10(2)3/h10-11H,5-9H2,1-4H3. The van der Waals surface area contributed by atoms with Crippen molar-refractivity contribution in [2.45, 2.75) is 46.6 Å². The van der Waals surface area contributed by atoms with Crippen LogP contribution in [0.5, 0.6) is 0 Å². The van der Waals surface area contributed by atoms with E-state index in [4.69, 9.17) is 14.2 Å². The smallest absolute Gasteiger partial charge is 0.332 e. The van der Waals surface area contributed by atoms with Gasteiger partial charge in [0.05, 0.1) is 12.7 Å². The lowest BCUT2D eigenvalue weighted by atomic mass is 10.2. The molecule has 0 aromatic heterocycles. The number of hydrogen-bond donors (Lipinski definition) is 0. The fourth-order valence-corrected chi connectivity index (χ4v) is 1.24. The Kier molecular flexibility index (Phi) is 9.28. The molecule has 18 heavy (non-hydrogen) atoms. The molecule has 5 heteroatoms. The van der Waals surface area contributed by atoms with Crippen LogP contribution >= 0.6 is 0 Å². The highest BCUT2D eigenvalue weighted by Gasteiger charge is 2.10. The molecule has 0 spiro atoms. The van der Waals surface area contributed by atoms with E-state index in [2.05, 4.69) is 0 Å². The van der Waals surface area contributed by atoms with E-state index in [9.17, 15) is 9.59 Å². The first kappa shape index (κ1) is 16.9. The number of hydrogen-bond acceptors (Lipinski definition) is 5. The molecule has 1 atom stereocenters. The molecule has 0 bridgehead atoms. The number of carbonyl (C=O) groups is 2. The lowest BCUT2D eigenvalue weighted by Gasteiger charge is -2.12. The van der Waals surface area contributed by atoms with Gasteiger partial charge in [-0.1, -0.05) is 27.2 Å². The van der Waals surface area contributed by atoms with Crippen molar-refractivity contribution in [1.29, 1.82) is 0 Å². The van der Waals surface area contributed by atoms with Gasteiger partial charge in [0.15, 0.2) is 0 Å². The van der Waals surface area contributed by atoms with Gasteiger partial charge >= 0.3 is 11.9 Å². The molecule has 0 aliphatic carbocycles. The molecule has 0 heterocycles. The molecule has 106 valence electrons. The molecule has 0 saturated heterocycles. The molecule has 0 N–H and O–H groups in total. The second-order valence-electron chi connectivity index (χ2n) is 4.66. The number of esters is 2. The summed E-state index contributed by atoms with van der Waals surface area (Å²) in [4.78, 5) is 22.4. The van der Waals surface area contributed by atoms with E-state index < -0.39 is 11.9 Å². The summed E-state index contributed by atoms with van der Waals surface area (Å²) in [7, 11) is 0. The van der Waals surface area contributed by atoms with Crippen molar-refractivity contribution in [2.24, 2.45) is 5.92 Å². The highest BCUT2D eigenvalue weighted by atomic mass is 16.6. The van der Waals surface area contributed by atoms with E-state index in [1.165, 1.54) is 0 Å². The highest BCUT2D eigenvalue weighted by molar-refractivity contribution is 5.73. The van der Waals surface area contributed by atoms with Gasteiger partial charge in [0, 0.05) is 0 Å². The van der Waals surface area contributed by atoms with Crippen LogP contribution in [0.1, 0.15) is 40.5 Å². The van der Waals surface area contributed by atoms with Gasteiger partial charge in [-0.2, -0.15) is 0 Å². The average Bonchev–Trinajstić information content (AvgIpc) is 2.26. The molecule has 0 aliphatic rings. The van der Waals surface area contributed by atoms with Crippen LogP contribution in [0.15, 0.2) is 0 Å². The second-order valence-corrected chi connectivity index (χ2v) is 4.66. The molecule has 0 aromatic carbocycles. The van der Waals surface area contributed by atoms with Crippen LogP contribution in [-0.2, 0) is 23.8 Å². The number of carbonyl (C=O) groups excluding carboxylic acids is 2. The zero-order valence-electron chi connectivity index (χ0n) is 11.7. The Bertz CT molecular complexity index is 250. The van der Waals surface area contributed by atoms with Crippen molar-refractivity contribution in [3.8, 4) is 0 Å². The van der Waals surface area contributed by atoms with Crippen LogP contribution in [0.4, 0.5) is 0 Å². The Morgan fingerprint density at radius 1 is 1.06 bits per heavy atom. The molecule has 5 nitrogen and oxygen atoms in total. The Morgan fingerprint density at radius 3 is 2.22 bits per heavy atom. The van der Waals surface area contributed by atoms with Crippen molar-refractivity contribution >= 4 is 11.9 Å². The van der Waals surface area contributed by atoms with E-state index >= 15 is 0 Å². The monoisotopic (exact) mass is 260 g/mol. The van der Waals surface area contributed by atoms with Gasteiger partial charge in [-0.15, -0.1) is 0 Å². The topological polar surface area (TPSA) is 61.8 Å². The molecule has 1 unspecified atom stereocenters. The molecule has 0 amide bonds. The first-order valence-corrected chi connectivity index (χ1v) is 6.38. The van der Waals surface area contributed by atoms with Crippen molar-refractivity contribution in [3.05, 3.63) is 0 Å². The molecule has 0 rings (SSSR count). The summed E-state index contributed by atoms with van der Waals surface area (Å²) in [6.07, 6.45) is 1.66. The summed E-state index contributed by atoms with van der Waals surface area (Å²) in [5.74, 6) is -0.625. The second kappa shape index (κ2) is 9.88. The van der Waals surface area contributed by atoms with Crippen molar-refractivity contribution in [3.63, 3.8) is 0 Å². The first-order valence-electron chi connectivity index (χ1n) is 6.38. The maximum absolute atomic E-state index is 11.3. The molecule has 0 aliphatic heterocycles. The van der Waals surface area contributed by atoms with E-state index in [0.29, 0.717) is 6.61 Å². The molecule has 0 aromatic rings. The quantitative estimate of drug-likeness (QED) is 0.593. The predicted octanol–water partition coefficient (Wildman–Crippen LogP) is 1.93. The summed E-state index contributed by atoms with van der Waals surface area (Å²) >= 11 is 0. The van der Waals surface area contributed by atoms with Crippen LogP contribution in [0.25, 0.3) is 0 Å². The minimum absolute atomic E-state index is 0.112. The Morgan fingerprint density at radius 2 is 1.67 bits per heavy atom. The van der Waals surface area contributed by atoms with E-state index in [1.807, 2.05) is 27.7 Å². The van der Waals surface area contributed by atoms with Gasteiger partial charge in [0.1, 0.15) is 13.2 Å². The molecule has 0 radical (unpaired) electrons. The first-order chi connectivity index (χ1) is 8.45. The third-order valence-electron chi connectivity index (χ3n) is 2.05. The minimum atomic E-state index is -0.460. The van der Waals surface area contributed by atoms with Crippen LogP contribution in [-0.4, -0.2) is 37.9 Å². The third kappa shape index (κ3) is 10.1. The molecule has 0 fully saturated rings. The summed E-state index contributed by atoms with van der Waals surface area (Å²) in [6, 6.07) is 0. The van der Waals surface area contributed by atoms with E-state index in [-0.39, 0.29) is 25.2 Å². The van der Waals surface area contributed by atoms with Gasteiger partial charge in [-0.3, -0.25) is 0 Å². The van der Waals surface area contributed by atoms with Crippen molar-refractivity contribution < 1.29 is 23.8 Å². The van der Waals surface area contributed by atoms with Gasteiger partial charge < -0.3 is 14.2 Å². The fraction of sp³-hybridized carbons (Fsp3) is 0.846. The summed E-state index contributed by atoms with van der Waals surface area (Å²) < 4.78 is 14.9. The third-order valence-corrected chi connectivity index (χ3v) is 2.05. The minimum Gasteiger partial charge on any atom is -0.464 e. The van der Waals surface area contributed by atoms with E-state index in [0.717, 1.165) is 12.8 Å². The Balaban J connectivity index is 3.58. The molecule has 0 saturated carbocycles. The average molecular weight is 260 g/mol. The zero-order valence-corrected chi connectivity index (χ0v) is 11.7. The fourth-order valence-electron chi connectivity index (χ4n) is 1.24. The summed E-state index contributed by atoms with van der Waals surface area (Å²) in [5, 5.41) is 0. The van der Waals surface area contributed by atoms with Crippen LogP contribution in [0, 0.1) is 5.92 Å². The summed E-state index contributed by atoms with van der Waals surface area (Å²) in [5.41, 5.74) is 0. The highest BCUT2D eigenvalue weighted by Crippen LogP contribution is 2.01. The number of rotatable bonds is 9. The van der Waals surface area contributed by atoms with Crippen molar-refractivity contribution in [1.82, 2.24) is 0 Å². The van der Waals surface area contributed by atoms with Crippen LogP contribution < -0.4 is 0 Å². The lowest BCUT2D eigenvalue weighted by molar-refractivity contribution is -0.158. The van der Waals surface area contributed by atoms with Crippen LogP contribution in [0.3, 0.4) is 0 Å². The van der Waals surface area contributed by atoms with Crippen LogP contribution in [0.2, 0.25) is 0 Å². The van der Waals surface area contributed by atoms with Gasteiger partial charge in [-0.05, 0) is 19.3 Å². The zero-order chi connectivity index (χ0) is 14.0. The summed E-state index contributed by atoms with van der Waals surface area (Å²) in [6.45, 7) is 7.67. The lowest BCUT2D eigenvalue weighted by Crippen LogP contribution is -2.22. The Labute approximate surface area is 109 Å². The van der Waals surface area contributed by atoms with Gasteiger partial charge in [0.2, 0.25) is 0 Å². The maximum Gasteiger partial charge on any atom is 0.332 e. The molecular formula is C13H24O5. The van der Waals surface area contributed by atoms with Gasteiger partial charge in [0.25, 0.3) is 0 Å². The van der Waals surface area contributed by atoms with E-state index in [1.54, 1.807) is 0 Å². The SMILES string of the molecule is CCCC(C)OC(=O)COCC(=O)OCC(C)C. The number of ether oxygens (including phenoxy) is 3. The van der Waals surface area contributed by atoms with Gasteiger partial charge in [-0.25, -0.2) is 9.59 Å². The Hall–Kier alpha value is -1.10. The van der Waals surface area contributed by atoms with Crippen molar-refractivity contribution in [2.75, 3.05) is 19.8 Å². The maximum atomic E-state index is 11.3.